The molecular weight excluding hydrogens is 308 g/mol. The van der Waals surface area contributed by atoms with E-state index in [4.69, 9.17) is 18.3 Å². The third kappa shape index (κ3) is 4.32. The number of fused-ring (bicyclic) bond motifs is 1. The summed E-state index contributed by atoms with van der Waals surface area (Å²) in [5, 5.41) is 0. The molecule has 6 heteroatoms. The SMILES string of the molecule is CCO[Si](CCN1CN=C2CC(C)=C(C)C=C21)(OCC)OCC. The smallest absolute Gasteiger partial charge is 0.374 e. The van der Waals surface area contributed by atoms with Crippen LogP contribution >= 0.6 is 0 Å². The molecule has 2 aliphatic rings. The van der Waals surface area contributed by atoms with Crippen LogP contribution in [0, 0.1) is 0 Å². The lowest BCUT2D eigenvalue weighted by atomic mass is 9.96. The maximum atomic E-state index is 5.95. The van der Waals surface area contributed by atoms with Crippen LogP contribution < -0.4 is 0 Å². The molecular formula is C17H30N2O3Si. The fourth-order valence-electron chi connectivity index (χ4n) is 3.01. The summed E-state index contributed by atoms with van der Waals surface area (Å²) in [5.74, 6) is 0. The van der Waals surface area contributed by atoms with E-state index in [1.165, 1.54) is 22.6 Å². The highest BCUT2D eigenvalue weighted by Crippen LogP contribution is 2.29. The Morgan fingerprint density at radius 3 is 2.26 bits per heavy atom. The van der Waals surface area contributed by atoms with Crippen LogP contribution in [-0.4, -0.2) is 52.5 Å². The summed E-state index contributed by atoms with van der Waals surface area (Å²) in [7, 11) is -2.58. The van der Waals surface area contributed by atoms with Crippen molar-refractivity contribution in [3.63, 3.8) is 0 Å². The summed E-state index contributed by atoms with van der Waals surface area (Å²) in [5.41, 5.74) is 5.25. The monoisotopic (exact) mass is 338 g/mol. The van der Waals surface area contributed by atoms with Gasteiger partial charge < -0.3 is 18.2 Å². The van der Waals surface area contributed by atoms with Gasteiger partial charge in [-0.15, -0.1) is 0 Å². The third-order valence-electron chi connectivity index (χ3n) is 4.31. The molecule has 0 bridgehead atoms. The quantitative estimate of drug-likeness (QED) is 0.605. The highest BCUT2D eigenvalue weighted by Gasteiger charge is 2.41. The molecule has 130 valence electrons. The normalized spacial score (nSPS) is 18.2. The number of aliphatic imine (C=N–C) groups is 1. The summed E-state index contributed by atoms with van der Waals surface area (Å²) in [6.07, 6.45) is 3.23. The summed E-state index contributed by atoms with van der Waals surface area (Å²) in [6.45, 7) is 13.8. The lowest BCUT2D eigenvalue weighted by Crippen LogP contribution is -2.48. The van der Waals surface area contributed by atoms with E-state index in [1.54, 1.807) is 0 Å². The first kappa shape index (κ1) is 18.4. The second-order valence-corrected chi connectivity index (χ2v) is 8.64. The van der Waals surface area contributed by atoms with E-state index in [0.29, 0.717) is 19.8 Å². The van der Waals surface area contributed by atoms with Gasteiger partial charge in [0.05, 0.1) is 11.4 Å². The van der Waals surface area contributed by atoms with Crippen molar-refractivity contribution in [1.29, 1.82) is 0 Å². The fourth-order valence-corrected chi connectivity index (χ4v) is 5.56. The van der Waals surface area contributed by atoms with E-state index in [2.05, 4.69) is 24.8 Å². The molecule has 0 radical (unpaired) electrons. The molecule has 2 rings (SSSR count). The highest BCUT2D eigenvalue weighted by atomic mass is 28.4. The molecule has 23 heavy (non-hydrogen) atoms. The van der Waals surface area contributed by atoms with Crippen LogP contribution in [0.25, 0.3) is 0 Å². The minimum atomic E-state index is -2.58. The maximum Gasteiger partial charge on any atom is 0.502 e. The fraction of sp³-hybridized carbons (Fsp3) is 0.706. The Morgan fingerprint density at radius 1 is 1.09 bits per heavy atom. The van der Waals surface area contributed by atoms with Gasteiger partial charge in [0, 0.05) is 38.8 Å². The third-order valence-corrected chi connectivity index (χ3v) is 7.33. The van der Waals surface area contributed by atoms with Crippen molar-refractivity contribution < 1.29 is 13.3 Å². The topological polar surface area (TPSA) is 43.3 Å². The van der Waals surface area contributed by atoms with Crippen LogP contribution in [0.5, 0.6) is 0 Å². The molecule has 0 atom stereocenters. The lowest BCUT2D eigenvalue weighted by molar-refractivity contribution is 0.0694. The molecule has 0 N–H and O–H groups in total. The molecule has 0 aromatic rings. The molecule has 0 spiro atoms. The van der Waals surface area contributed by atoms with Gasteiger partial charge in [0.25, 0.3) is 0 Å². The van der Waals surface area contributed by atoms with Crippen LogP contribution in [0.1, 0.15) is 41.0 Å². The lowest BCUT2D eigenvalue weighted by Gasteiger charge is -2.31. The zero-order chi connectivity index (χ0) is 16.9. The van der Waals surface area contributed by atoms with Crippen LogP contribution in [0.3, 0.4) is 0 Å². The Hall–Kier alpha value is -0.953. The predicted octanol–water partition coefficient (Wildman–Crippen LogP) is 3.37. The molecule has 0 aromatic heterocycles. The summed E-state index contributed by atoms with van der Waals surface area (Å²) in [4.78, 5) is 7.02. The summed E-state index contributed by atoms with van der Waals surface area (Å²) >= 11 is 0. The Morgan fingerprint density at radius 2 is 1.70 bits per heavy atom. The van der Waals surface area contributed by atoms with Gasteiger partial charge in [-0.2, -0.15) is 0 Å². The van der Waals surface area contributed by atoms with Crippen molar-refractivity contribution >= 4 is 14.5 Å². The maximum absolute atomic E-state index is 5.95. The molecule has 0 saturated heterocycles. The second-order valence-electron chi connectivity index (χ2n) is 5.91. The molecule has 5 nitrogen and oxygen atoms in total. The van der Waals surface area contributed by atoms with Crippen molar-refractivity contribution in [1.82, 2.24) is 4.90 Å². The van der Waals surface area contributed by atoms with Gasteiger partial charge in [0.15, 0.2) is 0 Å². The van der Waals surface area contributed by atoms with E-state index >= 15 is 0 Å². The molecule has 1 aliphatic carbocycles. The van der Waals surface area contributed by atoms with E-state index in [9.17, 15) is 0 Å². The van der Waals surface area contributed by atoms with Gasteiger partial charge in [-0.05, 0) is 46.3 Å². The molecule has 0 aromatic carbocycles. The standard InChI is InChI=1S/C17H30N2O3Si/c1-6-20-23(21-7-2,22-8-3)10-9-19-13-18-16-11-14(4)15(5)12-17(16)19/h12H,6-11,13H2,1-5H3. The van der Waals surface area contributed by atoms with E-state index in [-0.39, 0.29) is 0 Å². The number of rotatable bonds is 9. The molecule has 1 aliphatic heterocycles. The number of allylic oxidation sites excluding steroid dienone is 4. The first-order valence-electron chi connectivity index (χ1n) is 8.63. The molecule has 0 unspecified atom stereocenters. The van der Waals surface area contributed by atoms with Crippen molar-refractivity contribution in [2.24, 2.45) is 4.99 Å². The van der Waals surface area contributed by atoms with Crippen molar-refractivity contribution in [2.45, 2.75) is 47.1 Å². The van der Waals surface area contributed by atoms with Gasteiger partial charge in [-0.3, -0.25) is 4.99 Å². The number of hydrogen-bond donors (Lipinski definition) is 0. The van der Waals surface area contributed by atoms with Crippen LogP contribution in [0.15, 0.2) is 27.9 Å². The summed E-state index contributed by atoms with van der Waals surface area (Å²) < 4.78 is 17.8. The Labute approximate surface area is 141 Å². The van der Waals surface area contributed by atoms with Crippen LogP contribution in [-0.2, 0) is 13.3 Å². The van der Waals surface area contributed by atoms with E-state index in [1.807, 2.05) is 20.8 Å². The predicted molar refractivity (Wildman–Crippen MR) is 95.5 cm³/mol. The average molecular weight is 339 g/mol. The van der Waals surface area contributed by atoms with Crippen molar-refractivity contribution in [3.05, 3.63) is 22.9 Å². The zero-order valence-electron chi connectivity index (χ0n) is 15.1. The summed E-state index contributed by atoms with van der Waals surface area (Å²) in [6, 6.07) is 0.796. The Kier molecular flexibility index (Phi) is 6.58. The Balaban J connectivity index is 2.05. The van der Waals surface area contributed by atoms with Gasteiger partial charge in [-0.1, -0.05) is 5.57 Å². The second kappa shape index (κ2) is 8.24. The van der Waals surface area contributed by atoms with Crippen molar-refractivity contribution in [3.8, 4) is 0 Å². The molecule has 0 fully saturated rings. The van der Waals surface area contributed by atoms with Gasteiger partial charge >= 0.3 is 8.80 Å². The van der Waals surface area contributed by atoms with Gasteiger partial charge in [0.2, 0.25) is 0 Å². The molecule has 0 saturated carbocycles. The Bertz CT molecular complexity index is 497. The largest absolute Gasteiger partial charge is 0.502 e. The first-order valence-corrected chi connectivity index (χ1v) is 10.6. The molecule has 0 amide bonds. The van der Waals surface area contributed by atoms with Crippen LogP contribution in [0.2, 0.25) is 6.04 Å². The van der Waals surface area contributed by atoms with Gasteiger partial charge in [-0.25, -0.2) is 0 Å². The number of hydrogen-bond acceptors (Lipinski definition) is 5. The molecule has 1 heterocycles. The van der Waals surface area contributed by atoms with Crippen molar-refractivity contribution in [2.75, 3.05) is 33.0 Å². The minimum Gasteiger partial charge on any atom is -0.374 e. The number of nitrogens with zero attached hydrogens (tertiary/aromatic N) is 2. The van der Waals surface area contributed by atoms with E-state index in [0.717, 1.165) is 25.7 Å². The average Bonchev–Trinajstić information content (AvgIpc) is 2.89. The highest BCUT2D eigenvalue weighted by molar-refractivity contribution is 6.60. The minimum absolute atomic E-state index is 0.623. The van der Waals surface area contributed by atoms with Crippen LogP contribution in [0.4, 0.5) is 0 Å². The first-order chi connectivity index (χ1) is 11.0. The zero-order valence-corrected chi connectivity index (χ0v) is 16.1. The van der Waals surface area contributed by atoms with E-state index < -0.39 is 8.80 Å². The van der Waals surface area contributed by atoms with Gasteiger partial charge in [0.1, 0.15) is 6.67 Å².